The molecule has 0 heterocycles. The fourth-order valence-electron chi connectivity index (χ4n) is 0.465. The summed E-state index contributed by atoms with van der Waals surface area (Å²) in [5.41, 5.74) is 0. The summed E-state index contributed by atoms with van der Waals surface area (Å²) in [5.74, 6) is -0.164. The van der Waals surface area contributed by atoms with Crippen molar-refractivity contribution in [2.45, 2.75) is 6.92 Å². The maximum absolute atomic E-state index is 10.6. The van der Waals surface area contributed by atoms with Crippen LogP contribution in [-0.4, -0.2) is 38.1 Å². The smallest absolute Gasteiger partial charge is 0.320 e. The van der Waals surface area contributed by atoms with E-state index in [0.29, 0.717) is 13.2 Å². The third-order valence-electron chi connectivity index (χ3n) is 0.751. The van der Waals surface area contributed by atoms with Gasteiger partial charge in [0.25, 0.3) is 0 Å². The minimum atomic E-state index is -0.164. The van der Waals surface area contributed by atoms with Crippen LogP contribution >= 0.6 is 0 Å². The van der Waals surface area contributed by atoms with Gasteiger partial charge < -0.3 is 4.74 Å². The van der Waals surface area contributed by atoms with Gasteiger partial charge in [-0.25, -0.2) is 0 Å². The zero-order chi connectivity index (χ0) is 7.28. The number of carbonyl (C=O) groups is 1. The molecule has 0 aliphatic carbocycles. The summed E-state index contributed by atoms with van der Waals surface area (Å²) >= 11 is 0. The van der Waals surface area contributed by atoms with E-state index in [9.17, 15) is 4.79 Å². The van der Waals surface area contributed by atoms with E-state index >= 15 is 0 Å². The van der Waals surface area contributed by atoms with Crippen LogP contribution in [0.25, 0.3) is 0 Å². The Morgan fingerprint density at radius 3 is 2.30 bits per heavy atom. The number of ether oxygens (including phenoxy) is 1. The minimum absolute atomic E-state index is 0. The van der Waals surface area contributed by atoms with Gasteiger partial charge in [-0.1, -0.05) is 0 Å². The molecule has 10 heavy (non-hydrogen) atoms. The van der Waals surface area contributed by atoms with Crippen LogP contribution in [0, 0.1) is 0 Å². The fraction of sp³-hybridized carbons (Fsp3) is 0.833. The number of hydrogen-bond acceptors (Lipinski definition) is 3. The Morgan fingerprint density at radius 2 is 2.00 bits per heavy atom. The largest absolute Gasteiger partial charge is 0.465 e. The van der Waals surface area contributed by atoms with E-state index in [4.69, 9.17) is 0 Å². The van der Waals surface area contributed by atoms with E-state index in [1.165, 1.54) is 0 Å². The van der Waals surface area contributed by atoms with Crippen LogP contribution in [0.5, 0.6) is 0 Å². The second-order valence-corrected chi connectivity index (χ2v) is 2.04. The summed E-state index contributed by atoms with van der Waals surface area (Å²) in [7, 11) is 3.66. The number of hydrogen-bond donors (Lipinski definition) is 0. The van der Waals surface area contributed by atoms with E-state index in [1.807, 2.05) is 14.1 Å². The van der Waals surface area contributed by atoms with Gasteiger partial charge in [0.1, 0.15) is 0 Å². The van der Waals surface area contributed by atoms with E-state index < -0.39 is 0 Å². The molecule has 0 aromatic carbocycles. The molecule has 0 fully saturated rings. The van der Waals surface area contributed by atoms with E-state index in [-0.39, 0.29) is 38.7 Å². The molecule has 0 aliphatic rings. The molecule has 0 aliphatic heterocycles. The molecule has 0 atom stereocenters. The van der Waals surface area contributed by atoms with Crippen LogP contribution in [0.4, 0.5) is 0 Å². The summed E-state index contributed by atoms with van der Waals surface area (Å²) < 4.78 is 4.67. The van der Waals surface area contributed by atoms with Crippen LogP contribution in [0.3, 0.4) is 0 Å². The number of carbonyl (C=O) groups excluding carboxylic acids is 1. The Morgan fingerprint density at radius 1 is 1.50 bits per heavy atom. The molecule has 0 bridgehead atoms. The van der Waals surface area contributed by atoms with Crippen molar-refractivity contribution in [2.75, 3.05) is 27.2 Å². The topological polar surface area (TPSA) is 29.5 Å². The van der Waals surface area contributed by atoms with Crippen molar-refractivity contribution in [1.29, 1.82) is 0 Å². The summed E-state index contributed by atoms with van der Waals surface area (Å²) in [5, 5.41) is 0. The summed E-state index contributed by atoms with van der Waals surface area (Å²) in [6.07, 6.45) is 0. The van der Waals surface area contributed by atoms with E-state index in [0.717, 1.165) is 0 Å². The Kier molecular flexibility index (Phi) is 10.0. The van der Waals surface area contributed by atoms with Crippen LogP contribution in [0.15, 0.2) is 0 Å². The standard InChI is InChI=1S/C6H13NO2.Y/c1-4-9-6(8)5-7(2)3;/h4-5H2,1-3H3;. The molecule has 57 valence electrons. The Bertz CT molecular complexity index is 95.7. The third kappa shape index (κ3) is 8.53. The van der Waals surface area contributed by atoms with Crippen LogP contribution in [0.1, 0.15) is 6.92 Å². The summed E-state index contributed by atoms with van der Waals surface area (Å²) in [6.45, 7) is 2.63. The molecule has 0 aromatic rings. The van der Waals surface area contributed by atoms with Crippen molar-refractivity contribution in [3.05, 3.63) is 0 Å². The quantitative estimate of drug-likeness (QED) is 0.632. The first-order chi connectivity index (χ1) is 4.16. The normalized spacial score (nSPS) is 8.80. The Balaban J connectivity index is 0. The molecule has 0 saturated carbocycles. The average Bonchev–Trinajstić information content (AvgIpc) is 1.63. The zero-order valence-electron chi connectivity index (χ0n) is 6.76. The molecule has 3 nitrogen and oxygen atoms in total. The van der Waals surface area contributed by atoms with Gasteiger partial charge in [-0.3, -0.25) is 9.69 Å². The van der Waals surface area contributed by atoms with Gasteiger partial charge >= 0.3 is 5.97 Å². The SMILES string of the molecule is CCOC(=O)CN(C)C.[Y]. The molecular formula is C6H13NO2Y. The van der Waals surface area contributed by atoms with Crippen molar-refractivity contribution in [3.63, 3.8) is 0 Å². The van der Waals surface area contributed by atoms with Gasteiger partial charge in [0, 0.05) is 32.7 Å². The van der Waals surface area contributed by atoms with Crippen LogP contribution in [-0.2, 0) is 42.2 Å². The molecule has 0 N–H and O–H groups in total. The number of likely N-dealkylation sites (N-methyl/N-ethyl adjacent to an activating group) is 1. The zero-order valence-corrected chi connectivity index (χ0v) is 9.59. The van der Waals surface area contributed by atoms with Crippen molar-refractivity contribution in [3.8, 4) is 0 Å². The number of rotatable bonds is 3. The fourth-order valence-corrected chi connectivity index (χ4v) is 0.465. The van der Waals surface area contributed by atoms with Crippen LogP contribution < -0.4 is 0 Å². The van der Waals surface area contributed by atoms with Gasteiger partial charge in [0.15, 0.2) is 0 Å². The second kappa shape index (κ2) is 7.64. The summed E-state index contributed by atoms with van der Waals surface area (Å²) in [4.78, 5) is 12.4. The molecule has 4 heteroatoms. The second-order valence-electron chi connectivity index (χ2n) is 2.04. The molecule has 0 saturated heterocycles. The maximum Gasteiger partial charge on any atom is 0.320 e. The predicted octanol–water partition coefficient (Wildman–Crippen LogP) is 0.109. The monoisotopic (exact) mass is 220 g/mol. The Labute approximate surface area is 87.0 Å². The third-order valence-corrected chi connectivity index (χ3v) is 0.751. The molecule has 0 amide bonds. The van der Waals surface area contributed by atoms with Gasteiger partial charge in [-0.05, 0) is 21.0 Å². The molecule has 0 unspecified atom stereocenters. The van der Waals surface area contributed by atoms with Crippen molar-refractivity contribution < 1.29 is 42.2 Å². The Hall–Kier alpha value is 0.534. The molecular weight excluding hydrogens is 207 g/mol. The molecule has 0 spiro atoms. The van der Waals surface area contributed by atoms with Crippen LogP contribution in [0.2, 0.25) is 0 Å². The first kappa shape index (κ1) is 13.1. The first-order valence-electron chi connectivity index (χ1n) is 2.97. The van der Waals surface area contributed by atoms with Gasteiger partial charge in [-0.2, -0.15) is 0 Å². The predicted molar refractivity (Wildman–Crippen MR) is 35.2 cm³/mol. The maximum atomic E-state index is 10.6. The molecule has 1 radical (unpaired) electrons. The minimum Gasteiger partial charge on any atom is -0.465 e. The van der Waals surface area contributed by atoms with Crippen molar-refractivity contribution in [1.82, 2.24) is 4.90 Å². The van der Waals surface area contributed by atoms with E-state index in [1.54, 1.807) is 11.8 Å². The van der Waals surface area contributed by atoms with Gasteiger partial charge in [0.05, 0.1) is 13.2 Å². The first-order valence-corrected chi connectivity index (χ1v) is 2.97. The van der Waals surface area contributed by atoms with Gasteiger partial charge in [0.2, 0.25) is 0 Å². The number of nitrogens with zero attached hydrogens (tertiary/aromatic N) is 1. The number of esters is 1. The van der Waals surface area contributed by atoms with Crippen molar-refractivity contribution >= 4 is 5.97 Å². The average molecular weight is 220 g/mol. The van der Waals surface area contributed by atoms with Gasteiger partial charge in [-0.15, -0.1) is 0 Å². The summed E-state index contributed by atoms with van der Waals surface area (Å²) in [6, 6.07) is 0. The van der Waals surface area contributed by atoms with E-state index in [2.05, 4.69) is 4.74 Å². The van der Waals surface area contributed by atoms with Crippen molar-refractivity contribution in [2.24, 2.45) is 0 Å². The molecule has 0 aromatic heterocycles. The molecule has 0 rings (SSSR count).